The number of hydrogen-bond acceptors (Lipinski definition) is 6. The Labute approximate surface area is 171 Å². The van der Waals surface area contributed by atoms with E-state index in [4.69, 9.17) is 0 Å². The van der Waals surface area contributed by atoms with Crippen LogP contribution in [0.15, 0.2) is 21.7 Å². The van der Waals surface area contributed by atoms with Crippen molar-refractivity contribution < 1.29 is 4.92 Å². The number of rotatable bonds is 6. The highest BCUT2D eigenvalue weighted by atomic mass is 16.6. The molecule has 1 aliphatic rings. The third-order valence-electron chi connectivity index (χ3n) is 5.76. The van der Waals surface area contributed by atoms with Crippen molar-refractivity contribution in [3.05, 3.63) is 60.0 Å². The largest absolute Gasteiger partial charge is 0.363 e. The van der Waals surface area contributed by atoms with Gasteiger partial charge in [0, 0.05) is 37.5 Å². The van der Waals surface area contributed by atoms with Crippen LogP contribution in [0.4, 0.5) is 11.4 Å². The van der Waals surface area contributed by atoms with E-state index in [1.165, 1.54) is 4.57 Å². The third-order valence-corrected chi connectivity index (χ3v) is 5.76. The van der Waals surface area contributed by atoms with Gasteiger partial charge in [-0.05, 0) is 31.4 Å². The summed E-state index contributed by atoms with van der Waals surface area (Å²) in [6.45, 7) is 5.35. The van der Waals surface area contributed by atoms with Crippen LogP contribution in [0.2, 0.25) is 0 Å². The number of fused-ring (bicyclic) bond motifs is 2. The minimum Gasteiger partial charge on any atom is -0.363 e. The molecule has 3 aromatic rings. The number of imidazole rings is 1. The van der Waals surface area contributed by atoms with Crippen molar-refractivity contribution in [1.29, 1.82) is 0 Å². The molecule has 10 nitrogen and oxygen atoms in total. The molecule has 1 aromatic carbocycles. The average molecular weight is 412 g/mol. The second-order valence-electron chi connectivity index (χ2n) is 7.72. The second kappa shape index (κ2) is 7.43. The number of H-pyrrole nitrogens is 1. The fraction of sp³-hybridized carbons (Fsp3) is 0.450. The molecule has 10 heteroatoms. The van der Waals surface area contributed by atoms with Crippen molar-refractivity contribution >= 4 is 22.5 Å². The van der Waals surface area contributed by atoms with Gasteiger partial charge < -0.3 is 9.47 Å². The topological polar surface area (TPSA) is 119 Å². The molecule has 0 bridgehead atoms. The number of aryl methyl sites for hydroxylation is 3. The van der Waals surface area contributed by atoms with Crippen molar-refractivity contribution in [2.45, 2.75) is 46.2 Å². The average Bonchev–Trinajstić information content (AvgIpc) is 3.22. The Hall–Kier alpha value is -3.43. The molecule has 0 radical (unpaired) electrons. The van der Waals surface area contributed by atoms with Crippen molar-refractivity contribution in [3.8, 4) is 0 Å². The van der Waals surface area contributed by atoms with Crippen LogP contribution < -0.4 is 16.1 Å². The zero-order valence-electron chi connectivity index (χ0n) is 17.3. The van der Waals surface area contributed by atoms with Crippen LogP contribution in [0, 0.1) is 17.0 Å². The van der Waals surface area contributed by atoms with Crippen LogP contribution >= 0.6 is 0 Å². The van der Waals surface area contributed by atoms with Gasteiger partial charge in [-0.2, -0.15) is 0 Å². The number of unbranched alkanes of at least 4 members (excludes halogenated alkanes) is 1. The van der Waals surface area contributed by atoms with E-state index in [0.29, 0.717) is 42.2 Å². The van der Waals surface area contributed by atoms with Crippen molar-refractivity contribution in [1.82, 2.24) is 19.1 Å². The normalized spacial score (nSPS) is 13.2. The Morgan fingerprint density at radius 3 is 2.77 bits per heavy atom. The van der Waals surface area contributed by atoms with Gasteiger partial charge in [-0.15, -0.1) is 0 Å². The molecule has 0 amide bonds. The predicted octanol–water partition coefficient (Wildman–Crippen LogP) is 2.00. The SMILES string of the molecule is CCCCn1c(=O)[nH]c(=O)c2c1nc(CN1CCc3cc(C)c([N+](=O)[O-])cc31)n2C. The first-order valence-electron chi connectivity index (χ1n) is 10.0. The van der Waals surface area contributed by atoms with Gasteiger partial charge in [-0.3, -0.25) is 24.5 Å². The summed E-state index contributed by atoms with van der Waals surface area (Å²) in [6.07, 6.45) is 2.50. The summed E-state index contributed by atoms with van der Waals surface area (Å²) in [7, 11) is 1.75. The molecule has 0 fully saturated rings. The van der Waals surface area contributed by atoms with E-state index in [1.807, 2.05) is 17.9 Å². The maximum Gasteiger partial charge on any atom is 0.330 e. The number of aromatic nitrogens is 4. The molecule has 3 heterocycles. The second-order valence-corrected chi connectivity index (χ2v) is 7.72. The number of nitrogens with one attached hydrogen (secondary N) is 1. The number of nitrogens with zero attached hydrogens (tertiary/aromatic N) is 5. The first-order chi connectivity index (χ1) is 14.3. The molecular weight excluding hydrogens is 388 g/mol. The number of hydrogen-bond donors (Lipinski definition) is 1. The van der Waals surface area contributed by atoms with Gasteiger partial charge in [0.25, 0.3) is 11.2 Å². The summed E-state index contributed by atoms with van der Waals surface area (Å²) in [5, 5.41) is 11.4. The zero-order valence-corrected chi connectivity index (χ0v) is 17.3. The maximum atomic E-state index is 12.4. The first kappa shape index (κ1) is 19.9. The lowest BCUT2D eigenvalue weighted by Gasteiger charge is -2.19. The summed E-state index contributed by atoms with van der Waals surface area (Å²) in [4.78, 5) is 44.8. The van der Waals surface area contributed by atoms with Crippen LogP contribution in [-0.4, -0.2) is 30.6 Å². The molecule has 4 rings (SSSR count). The minimum atomic E-state index is -0.461. The molecule has 158 valence electrons. The standard InChI is InChI=1S/C20H24N6O4/c1-4-5-7-25-18-17(19(27)22-20(25)28)23(3)16(21-18)11-24-8-6-13-9-12(2)14(26(29)30)10-15(13)24/h9-10H,4-8,11H2,1-3H3,(H,22,27,28). The Morgan fingerprint density at radius 1 is 1.30 bits per heavy atom. The minimum absolute atomic E-state index is 0.0931. The maximum absolute atomic E-state index is 12.4. The number of benzene rings is 1. The fourth-order valence-electron chi connectivity index (χ4n) is 4.10. The molecule has 30 heavy (non-hydrogen) atoms. The molecule has 0 atom stereocenters. The van der Waals surface area contributed by atoms with Gasteiger partial charge in [0.1, 0.15) is 5.82 Å². The summed E-state index contributed by atoms with van der Waals surface area (Å²) in [5.74, 6) is 0.627. The van der Waals surface area contributed by atoms with Gasteiger partial charge in [0.15, 0.2) is 11.2 Å². The van der Waals surface area contributed by atoms with Crippen molar-refractivity contribution in [2.24, 2.45) is 7.05 Å². The first-order valence-corrected chi connectivity index (χ1v) is 10.0. The van der Waals surface area contributed by atoms with Gasteiger partial charge in [0.2, 0.25) is 0 Å². The van der Waals surface area contributed by atoms with Crippen LogP contribution in [0.3, 0.4) is 0 Å². The van der Waals surface area contributed by atoms with Crippen LogP contribution in [0.1, 0.15) is 36.7 Å². The molecule has 1 aliphatic heterocycles. The molecule has 0 saturated heterocycles. The summed E-state index contributed by atoms with van der Waals surface area (Å²) < 4.78 is 3.21. The lowest BCUT2D eigenvalue weighted by Crippen LogP contribution is -2.31. The Bertz CT molecular complexity index is 1270. The zero-order chi connectivity index (χ0) is 21.6. The van der Waals surface area contributed by atoms with Crippen LogP contribution in [-0.2, 0) is 26.6 Å². The smallest absolute Gasteiger partial charge is 0.330 e. The molecule has 2 aromatic heterocycles. The Morgan fingerprint density at radius 2 is 2.07 bits per heavy atom. The van der Waals surface area contributed by atoms with Gasteiger partial charge in [-0.25, -0.2) is 9.78 Å². The Balaban J connectivity index is 1.76. The van der Waals surface area contributed by atoms with Crippen LogP contribution in [0.5, 0.6) is 0 Å². The summed E-state index contributed by atoms with van der Waals surface area (Å²) in [5.41, 5.74) is 2.44. The summed E-state index contributed by atoms with van der Waals surface area (Å²) in [6, 6.07) is 3.49. The van der Waals surface area contributed by atoms with E-state index in [0.717, 1.165) is 30.5 Å². The van der Waals surface area contributed by atoms with Gasteiger partial charge in [-0.1, -0.05) is 13.3 Å². The number of aromatic amines is 1. The Kier molecular flexibility index (Phi) is 4.92. The highest BCUT2D eigenvalue weighted by molar-refractivity contribution is 5.71. The van der Waals surface area contributed by atoms with E-state index < -0.39 is 11.2 Å². The summed E-state index contributed by atoms with van der Waals surface area (Å²) >= 11 is 0. The molecule has 0 unspecified atom stereocenters. The highest BCUT2D eigenvalue weighted by Crippen LogP contribution is 2.35. The monoisotopic (exact) mass is 412 g/mol. The van der Waals surface area contributed by atoms with E-state index in [2.05, 4.69) is 9.97 Å². The van der Waals surface area contributed by atoms with Gasteiger partial charge in [0.05, 0.1) is 11.5 Å². The van der Waals surface area contributed by atoms with E-state index in [9.17, 15) is 19.7 Å². The van der Waals surface area contributed by atoms with E-state index in [1.54, 1.807) is 24.6 Å². The molecule has 0 aliphatic carbocycles. The molecule has 0 saturated carbocycles. The van der Waals surface area contributed by atoms with Crippen LogP contribution in [0.25, 0.3) is 11.2 Å². The quantitative estimate of drug-likeness (QED) is 0.489. The van der Waals surface area contributed by atoms with E-state index in [-0.39, 0.29) is 10.6 Å². The van der Waals surface area contributed by atoms with Gasteiger partial charge >= 0.3 is 5.69 Å². The van der Waals surface area contributed by atoms with Crippen molar-refractivity contribution in [2.75, 3.05) is 11.4 Å². The van der Waals surface area contributed by atoms with Crippen molar-refractivity contribution in [3.63, 3.8) is 0 Å². The molecule has 1 N–H and O–H groups in total. The number of anilines is 1. The lowest BCUT2D eigenvalue weighted by atomic mass is 10.1. The molecule has 0 spiro atoms. The number of nitro groups is 1. The fourth-order valence-corrected chi connectivity index (χ4v) is 4.10. The predicted molar refractivity (Wildman–Crippen MR) is 113 cm³/mol. The number of nitro benzene ring substituents is 1. The third kappa shape index (κ3) is 3.17. The highest BCUT2D eigenvalue weighted by Gasteiger charge is 2.26. The molecular formula is C20H24N6O4. The lowest BCUT2D eigenvalue weighted by molar-refractivity contribution is -0.385. The van der Waals surface area contributed by atoms with E-state index >= 15 is 0 Å².